The van der Waals surface area contributed by atoms with Crippen molar-refractivity contribution in [2.75, 3.05) is 18.1 Å². The largest absolute Gasteiger partial charge is 0.409 e. The number of nitrogens with zero attached hydrogens (tertiary/aromatic N) is 1. The van der Waals surface area contributed by atoms with Crippen LogP contribution in [0.25, 0.3) is 0 Å². The van der Waals surface area contributed by atoms with E-state index in [1.807, 2.05) is 25.6 Å². The Labute approximate surface area is 108 Å². The lowest BCUT2D eigenvalue weighted by molar-refractivity contribution is 0.304. The molecule has 4 nitrogen and oxygen atoms in total. The molecule has 0 radical (unpaired) electrons. The third-order valence-corrected chi connectivity index (χ3v) is 4.55. The standard InChI is InChI=1S/C12H25N3OS/c1-12(2,11(13)15-16)6-3-4-7-14-10-5-8-17-9-10/h10,14,16H,3-9H2,1-2H3,(H2,13,15). The summed E-state index contributed by atoms with van der Waals surface area (Å²) in [5, 5.41) is 15.3. The van der Waals surface area contributed by atoms with Crippen molar-refractivity contribution in [2.24, 2.45) is 16.3 Å². The van der Waals surface area contributed by atoms with Gasteiger partial charge < -0.3 is 16.3 Å². The van der Waals surface area contributed by atoms with Gasteiger partial charge in [-0.25, -0.2) is 0 Å². The SMILES string of the molecule is CC(C)(CCCCNC1CCSC1)C(N)=NO. The quantitative estimate of drug-likeness (QED) is 0.215. The molecule has 0 bridgehead atoms. The highest BCUT2D eigenvalue weighted by Crippen LogP contribution is 2.23. The average molecular weight is 259 g/mol. The number of rotatable bonds is 7. The molecule has 0 spiro atoms. The van der Waals surface area contributed by atoms with Crippen molar-refractivity contribution in [3.63, 3.8) is 0 Å². The predicted octanol–water partition coefficient (Wildman–Crippen LogP) is 2.02. The predicted molar refractivity (Wildman–Crippen MR) is 74.8 cm³/mol. The number of amidine groups is 1. The van der Waals surface area contributed by atoms with E-state index in [4.69, 9.17) is 10.9 Å². The zero-order chi connectivity index (χ0) is 12.7. The third kappa shape index (κ3) is 5.17. The van der Waals surface area contributed by atoms with Crippen molar-refractivity contribution >= 4 is 17.6 Å². The summed E-state index contributed by atoms with van der Waals surface area (Å²) < 4.78 is 0. The van der Waals surface area contributed by atoms with Gasteiger partial charge in [-0.2, -0.15) is 11.8 Å². The van der Waals surface area contributed by atoms with Crippen LogP contribution in [0.2, 0.25) is 0 Å². The van der Waals surface area contributed by atoms with Crippen LogP contribution >= 0.6 is 11.8 Å². The Morgan fingerprint density at radius 1 is 1.53 bits per heavy atom. The van der Waals surface area contributed by atoms with E-state index in [-0.39, 0.29) is 5.41 Å². The smallest absolute Gasteiger partial charge is 0.144 e. The summed E-state index contributed by atoms with van der Waals surface area (Å²) in [4.78, 5) is 0. The number of hydrogen-bond acceptors (Lipinski definition) is 4. The highest BCUT2D eigenvalue weighted by Gasteiger charge is 2.22. The molecule has 1 heterocycles. The minimum Gasteiger partial charge on any atom is -0.409 e. The summed E-state index contributed by atoms with van der Waals surface area (Å²) in [6.45, 7) is 5.11. The highest BCUT2D eigenvalue weighted by atomic mass is 32.2. The fraction of sp³-hybridized carbons (Fsp3) is 0.917. The maximum absolute atomic E-state index is 8.66. The Balaban J connectivity index is 2.07. The van der Waals surface area contributed by atoms with E-state index in [9.17, 15) is 0 Å². The molecule has 1 atom stereocenters. The Bertz CT molecular complexity index is 250. The fourth-order valence-electron chi connectivity index (χ4n) is 1.96. The van der Waals surface area contributed by atoms with Gasteiger partial charge in [0.1, 0.15) is 5.84 Å². The molecule has 1 fully saturated rings. The van der Waals surface area contributed by atoms with Gasteiger partial charge in [0.05, 0.1) is 0 Å². The van der Waals surface area contributed by atoms with Gasteiger partial charge in [-0.15, -0.1) is 0 Å². The van der Waals surface area contributed by atoms with Crippen molar-refractivity contribution < 1.29 is 5.21 Å². The van der Waals surface area contributed by atoms with Crippen LogP contribution in [0.5, 0.6) is 0 Å². The van der Waals surface area contributed by atoms with Crippen LogP contribution < -0.4 is 11.1 Å². The summed E-state index contributed by atoms with van der Waals surface area (Å²) in [6.07, 6.45) is 4.53. The molecule has 17 heavy (non-hydrogen) atoms. The first kappa shape index (κ1) is 14.6. The Morgan fingerprint density at radius 2 is 2.29 bits per heavy atom. The van der Waals surface area contributed by atoms with Gasteiger partial charge in [0.2, 0.25) is 0 Å². The van der Waals surface area contributed by atoms with E-state index in [2.05, 4.69) is 10.5 Å². The number of oxime groups is 1. The van der Waals surface area contributed by atoms with Gasteiger partial charge in [0, 0.05) is 17.2 Å². The van der Waals surface area contributed by atoms with E-state index in [0.29, 0.717) is 5.84 Å². The molecule has 1 unspecified atom stereocenters. The highest BCUT2D eigenvalue weighted by molar-refractivity contribution is 7.99. The lowest BCUT2D eigenvalue weighted by atomic mass is 9.86. The lowest BCUT2D eigenvalue weighted by Crippen LogP contribution is -2.32. The average Bonchev–Trinajstić information content (AvgIpc) is 2.80. The van der Waals surface area contributed by atoms with Gasteiger partial charge in [-0.05, 0) is 31.6 Å². The van der Waals surface area contributed by atoms with Crippen molar-refractivity contribution in [3.05, 3.63) is 0 Å². The van der Waals surface area contributed by atoms with E-state index < -0.39 is 0 Å². The van der Waals surface area contributed by atoms with Gasteiger partial charge in [-0.1, -0.05) is 25.4 Å². The number of nitrogens with one attached hydrogen (secondary N) is 1. The second-order valence-corrected chi connectivity index (χ2v) is 6.49. The van der Waals surface area contributed by atoms with E-state index in [0.717, 1.165) is 31.8 Å². The van der Waals surface area contributed by atoms with Crippen LogP contribution in [0, 0.1) is 5.41 Å². The number of nitrogens with two attached hydrogens (primary N) is 1. The second-order valence-electron chi connectivity index (χ2n) is 5.34. The Hall–Kier alpha value is -0.420. The van der Waals surface area contributed by atoms with E-state index >= 15 is 0 Å². The summed E-state index contributed by atoms with van der Waals surface area (Å²) in [5.41, 5.74) is 5.45. The summed E-state index contributed by atoms with van der Waals surface area (Å²) in [6, 6.07) is 0.720. The maximum atomic E-state index is 8.66. The first-order valence-electron chi connectivity index (χ1n) is 6.35. The van der Waals surface area contributed by atoms with Gasteiger partial charge in [-0.3, -0.25) is 0 Å². The summed E-state index contributed by atoms with van der Waals surface area (Å²) in [7, 11) is 0. The zero-order valence-corrected chi connectivity index (χ0v) is 11.7. The monoisotopic (exact) mass is 259 g/mol. The normalized spacial score (nSPS) is 22.0. The van der Waals surface area contributed by atoms with Crippen LogP contribution in [0.3, 0.4) is 0 Å². The molecule has 0 amide bonds. The molecule has 1 saturated heterocycles. The molecule has 0 aliphatic carbocycles. The fourth-order valence-corrected chi connectivity index (χ4v) is 3.14. The second kappa shape index (κ2) is 7.11. The molecule has 5 heteroatoms. The van der Waals surface area contributed by atoms with Crippen LogP contribution in [-0.4, -0.2) is 35.1 Å². The molecule has 0 aromatic heterocycles. The lowest BCUT2D eigenvalue weighted by Gasteiger charge is -2.22. The van der Waals surface area contributed by atoms with Crippen molar-refractivity contribution in [1.29, 1.82) is 0 Å². The molecule has 0 saturated carbocycles. The molecule has 1 rings (SSSR count). The molecule has 0 aromatic carbocycles. The number of unbranched alkanes of at least 4 members (excludes halogenated alkanes) is 1. The number of thioether (sulfide) groups is 1. The van der Waals surface area contributed by atoms with E-state index in [1.165, 1.54) is 17.9 Å². The van der Waals surface area contributed by atoms with Crippen LogP contribution in [0.15, 0.2) is 5.16 Å². The first-order valence-corrected chi connectivity index (χ1v) is 7.51. The first-order chi connectivity index (χ1) is 8.06. The topological polar surface area (TPSA) is 70.6 Å². The molecule has 1 aliphatic rings. The van der Waals surface area contributed by atoms with Gasteiger partial charge in [0.15, 0.2) is 0 Å². The molecule has 1 aliphatic heterocycles. The molecular formula is C12H25N3OS. The van der Waals surface area contributed by atoms with Crippen LogP contribution in [0.4, 0.5) is 0 Å². The molecule has 100 valence electrons. The summed E-state index contributed by atoms with van der Waals surface area (Å²) >= 11 is 2.03. The Morgan fingerprint density at radius 3 is 2.88 bits per heavy atom. The van der Waals surface area contributed by atoms with Crippen molar-refractivity contribution in [2.45, 2.75) is 45.6 Å². The number of hydrogen-bond donors (Lipinski definition) is 3. The maximum Gasteiger partial charge on any atom is 0.144 e. The van der Waals surface area contributed by atoms with Gasteiger partial charge >= 0.3 is 0 Å². The summed E-state index contributed by atoms with van der Waals surface area (Å²) in [5.74, 6) is 2.89. The molecular weight excluding hydrogens is 234 g/mol. The molecule has 0 aromatic rings. The minimum absolute atomic E-state index is 0.196. The van der Waals surface area contributed by atoms with Crippen LogP contribution in [0.1, 0.15) is 39.5 Å². The molecule has 4 N–H and O–H groups in total. The van der Waals surface area contributed by atoms with E-state index in [1.54, 1.807) is 0 Å². The zero-order valence-electron chi connectivity index (χ0n) is 10.9. The third-order valence-electron chi connectivity index (χ3n) is 3.39. The Kier molecular flexibility index (Phi) is 6.12. The van der Waals surface area contributed by atoms with Crippen molar-refractivity contribution in [3.8, 4) is 0 Å². The minimum atomic E-state index is -0.196. The van der Waals surface area contributed by atoms with Crippen LogP contribution in [-0.2, 0) is 0 Å². The van der Waals surface area contributed by atoms with Crippen molar-refractivity contribution in [1.82, 2.24) is 5.32 Å². The van der Waals surface area contributed by atoms with Gasteiger partial charge in [0.25, 0.3) is 0 Å².